The van der Waals surface area contributed by atoms with Crippen LogP contribution < -0.4 is 10.7 Å². The Balaban J connectivity index is 1.30. The summed E-state index contributed by atoms with van der Waals surface area (Å²) in [4.78, 5) is 36.9. The average Bonchev–Trinajstić information content (AvgIpc) is 3.44. The highest BCUT2D eigenvalue weighted by Crippen LogP contribution is 2.38. The fourth-order valence-corrected chi connectivity index (χ4v) is 5.64. The maximum Gasteiger partial charge on any atom is 0.320 e. The molecule has 9 heteroatoms. The maximum absolute atomic E-state index is 13.7. The van der Waals surface area contributed by atoms with E-state index in [-0.39, 0.29) is 29.9 Å². The zero-order valence-corrected chi connectivity index (χ0v) is 18.4. The van der Waals surface area contributed by atoms with Crippen molar-refractivity contribution in [3.05, 3.63) is 30.1 Å². The Labute approximate surface area is 182 Å². The van der Waals surface area contributed by atoms with Crippen LogP contribution in [-0.2, 0) is 0 Å². The van der Waals surface area contributed by atoms with E-state index in [1.54, 1.807) is 24.4 Å². The van der Waals surface area contributed by atoms with E-state index in [4.69, 9.17) is 0 Å². The zero-order valence-electron chi connectivity index (χ0n) is 18.4. The lowest BCUT2D eigenvalue weighted by molar-refractivity contribution is 0.0508. The van der Waals surface area contributed by atoms with Crippen molar-refractivity contribution >= 4 is 17.8 Å². The van der Waals surface area contributed by atoms with Crippen LogP contribution >= 0.6 is 0 Å². The Morgan fingerprint density at radius 2 is 2.06 bits per heavy atom. The number of urea groups is 1. The van der Waals surface area contributed by atoms with E-state index in [0.29, 0.717) is 24.1 Å². The molecular formula is C22H31N7O2. The summed E-state index contributed by atoms with van der Waals surface area (Å²) in [5.41, 5.74) is 3.11. The third-order valence-corrected chi connectivity index (χ3v) is 7.47. The summed E-state index contributed by atoms with van der Waals surface area (Å²) >= 11 is 0. The SMILES string of the molecule is C[C@H]1CN2CCC[C@H]2CN1C(=O)N1CC2C(NC(=O)c3ccccn3)=NNC2C1(C)C. The first-order valence-corrected chi connectivity index (χ1v) is 11.2. The minimum absolute atomic E-state index is 0.0430. The van der Waals surface area contributed by atoms with Gasteiger partial charge in [-0.15, -0.1) is 0 Å². The number of fused-ring (bicyclic) bond motifs is 2. The van der Waals surface area contributed by atoms with E-state index >= 15 is 0 Å². The summed E-state index contributed by atoms with van der Waals surface area (Å²) in [6.45, 7) is 9.73. The second-order valence-electron chi connectivity index (χ2n) is 9.72. The molecule has 4 atom stereocenters. The zero-order chi connectivity index (χ0) is 21.8. The van der Waals surface area contributed by atoms with E-state index in [0.717, 1.165) is 19.6 Å². The normalized spacial score (nSPS) is 31.6. The number of pyridine rings is 1. The highest BCUT2D eigenvalue weighted by Gasteiger charge is 2.55. The smallest absolute Gasteiger partial charge is 0.319 e. The third-order valence-electron chi connectivity index (χ3n) is 7.47. The predicted molar refractivity (Wildman–Crippen MR) is 116 cm³/mol. The molecule has 1 aromatic rings. The fraction of sp³-hybridized carbons (Fsp3) is 0.636. The Kier molecular flexibility index (Phi) is 4.88. The van der Waals surface area contributed by atoms with Gasteiger partial charge in [-0.05, 0) is 52.3 Å². The quantitative estimate of drug-likeness (QED) is 0.703. The minimum atomic E-state index is -0.421. The van der Waals surface area contributed by atoms with Gasteiger partial charge in [-0.25, -0.2) is 4.79 Å². The van der Waals surface area contributed by atoms with Gasteiger partial charge in [0, 0.05) is 37.9 Å². The highest BCUT2D eigenvalue weighted by atomic mass is 16.2. The number of hydrogen-bond acceptors (Lipinski definition) is 6. The van der Waals surface area contributed by atoms with Crippen LogP contribution in [0.1, 0.15) is 44.1 Å². The Bertz CT molecular complexity index is 902. The van der Waals surface area contributed by atoms with Crippen LogP contribution in [0.4, 0.5) is 4.79 Å². The molecule has 0 radical (unpaired) electrons. The third kappa shape index (κ3) is 3.35. The number of rotatable bonds is 1. The number of carbonyl (C=O) groups is 2. The molecule has 0 bridgehead atoms. The molecule has 0 aliphatic carbocycles. The molecule has 0 spiro atoms. The minimum Gasteiger partial charge on any atom is -0.319 e. The number of nitrogens with zero attached hydrogens (tertiary/aromatic N) is 5. The van der Waals surface area contributed by atoms with Gasteiger partial charge in [0.25, 0.3) is 5.91 Å². The lowest BCUT2D eigenvalue weighted by Crippen LogP contribution is -2.62. The summed E-state index contributed by atoms with van der Waals surface area (Å²) in [5, 5.41) is 7.31. The average molecular weight is 426 g/mol. The van der Waals surface area contributed by atoms with Crippen LogP contribution in [0, 0.1) is 5.92 Å². The van der Waals surface area contributed by atoms with E-state index < -0.39 is 5.54 Å². The predicted octanol–water partition coefficient (Wildman–Crippen LogP) is 1.10. The first-order chi connectivity index (χ1) is 14.9. The number of aromatic nitrogens is 1. The van der Waals surface area contributed by atoms with Gasteiger partial charge in [0.15, 0.2) is 0 Å². The molecule has 31 heavy (non-hydrogen) atoms. The Morgan fingerprint density at radius 3 is 2.84 bits per heavy atom. The van der Waals surface area contributed by atoms with Gasteiger partial charge in [-0.1, -0.05) is 6.07 Å². The molecule has 166 valence electrons. The summed E-state index contributed by atoms with van der Waals surface area (Å²) < 4.78 is 0. The molecule has 4 aliphatic heterocycles. The van der Waals surface area contributed by atoms with Gasteiger partial charge in [0.2, 0.25) is 0 Å². The van der Waals surface area contributed by atoms with Crippen molar-refractivity contribution in [3.63, 3.8) is 0 Å². The summed E-state index contributed by atoms with van der Waals surface area (Å²) in [7, 11) is 0. The lowest BCUT2D eigenvalue weighted by Gasteiger charge is -2.46. The number of nitrogens with one attached hydrogen (secondary N) is 2. The van der Waals surface area contributed by atoms with Crippen molar-refractivity contribution in [2.45, 2.75) is 57.3 Å². The number of hydrogen-bond donors (Lipinski definition) is 2. The van der Waals surface area contributed by atoms with Gasteiger partial charge in [-0.2, -0.15) is 5.10 Å². The molecular weight excluding hydrogens is 394 g/mol. The second kappa shape index (κ2) is 7.47. The molecule has 0 saturated carbocycles. The number of amidine groups is 1. The van der Waals surface area contributed by atoms with Crippen molar-refractivity contribution in [1.82, 2.24) is 30.4 Å². The van der Waals surface area contributed by atoms with Crippen LogP contribution in [0.3, 0.4) is 0 Å². The maximum atomic E-state index is 13.7. The van der Waals surface area contributed by atoms with E-state index in [9.17, 15) is 9.59 Å². The fourth-order valence-electron chi connectivity index (χ4n) is 5.64. The van der Waals surface area contributed by atoms with Crippen LogP contribution in [-0.4, -0.2) is 87.3 Å². The first-order valence-electron chi connectivity index (χ1n) is 11.2. The molecule has 2 N–H and O–H groups in total. The van der Waals surface area contributed by atoms with Crippen LogP contribution in [0.25, 0.3) is 0 Å². The monoisotopic (exact) mass is 425 g/mol. The van der Waals surface area contributed by atoms with E-state index in [2.05, 4.69) is 51.4 Å². The Morgan fingerprint density at radius 1 is 1.23 bits per heavy atom. The molecule has 4 aliphatic rings. The molecule has 5 heterocycles. The number of carbonyl (C=O) groups excluding carboxylic acids is 2. The summed E-state index contributed by atoms with van der Waals surface area (Å²) in [6, 6.07) is 5.96. The van der Waals surface area contributed by atoms with Gasteiger partial charge < -0.3 is 20.5 Å². The molecule has 9 nitrogen and oxygen atoms in total. The number of hydrazone groups is 1. The van der Waals surface area contributed by atoms with E-state index in [1.165, 1.54) is 12.8 Å². The topological polar surface area (TPSA) is 93.2 Å². The summed E-state index contributed by atoms with van der Waals surface area (Å²) in [5.74, 6) is 0.239. The number of likely N-dealkylation sites (tertiary alicyclic amines) is 1. The number of piperazine rings is 1. The van der Waals surface area contributed by atoms with Crippen molar-refractivity contribution < 1.29 is 9.59 Å². The van der Waals surface area contributed by atoms with Crippen molar-refractivity contribution in [1.29, 1.82) is 0 Å². The standard InChI is InChI=1S/C22H31N7O2/c1-14-11-27-10-6-7-15(27)12-28(14)21(31)29-13-16-18(22(29,2)3)25-26-19(16)24-20(30)17-8-4-5-9-23-17/h4-5,8-9,14-16,18,25H,6-7,10-13H2,1-3H3,(H,24,26,30)/t14-,15-,16?,18?/m0/s1. The van der Waals surface area contributed by atoms with E-state index in [1.807, 2.05) is 4.90 Å². The van der Waals surface area contributed by atoms with Crippen molar-refractivity contribution in [2.75, 3.05) is 26.2 Å². The van der Waals surface area contributed by atoms with Crippen LogP contribution in [0.5, 0.6) is 0 Å². The van der Waals surface area contributed by atoms with Crippen molar-refractivity contribution in [2.24, 2.45) is 11.0 Å². The molecule has 3 fully saturated rings. The highest BCUT2D eigenvalue weighted by molar-refractivity contribution is 6.07. The van der Waals surface area contributed by atoms with Gasteiger partial charge >= 0.3 is 6.03 Å². The molecule has 0 aromatic carbocycles. The van der Waals surface area contributed by atoms with Gasteiger partial charge in [0.1, 0.15) is 11.5 Å². The molecule has 1 aromatic heterocycles. The molecule has 3 saturated heterocycles. The van der Waals surface area contributed by atoms with Gasteiger partial charge in [-0.3, -0.25) is 14.7 Å². The number of amides is 3. The van der Waals surface area contributed by atoms with Crippen molar-refractivity contribution in [3.8, 4) is 0 Å². The summed E-state index contributed by atoms with van der Waals surface area (Å²) in [6.07, 6.45) is 3.98. The van der Waals surface area contributed by atoms with Crippen LogP contribution in [0.15, 0.2) is 29.5 Å². The second-order valence-corrected chi connectivity index (χ2v) is 9.72. The van der Waals surface area contributed by atoms with Crippen LogP contribution in [0.2, 0.25) is 0 Å². The lowest BCUT2D eigenvalue weighted by atomic mass is 9.90. The first kappa shape index (κ1) is 20.2. The largest absolute Gasteiger partial charge is 0.320 e. The van der Waals surface area contributed by atoms with Gasteiger partial charge in [0.05, 0.1) is 17.5 Å². The molecule has 3 amide bonds. The molecule has 2 unspecified atom stereocenters. The Hall–Kier alpha value is -2.68. The molecule has 5 rings (SSSR count).